The Balaban J connectivity index is 2.08. The van der Waals surface area contributed by atoms with Crippen LogP contribution in [0.2, 0.25) is 0 Å². The van der Waals surface area contributed by atoms with Crippen LogP contribution in [-0.4, -0.2) is 34.0 Å². The van der Waals surface area contributed by atoms with Crippen LogP contribution < -0.4 is 14.8 Å². The zero-order chi connectivity index (χ0) is 15.1. The molecule has 2 atom stereocenters. The topological polar surface area (TPSA) is 39.7 Å². The van der Waals surface area contributed by atoms with Crippen molar-refractivity contribution in [3.8, 4) is 11.5 Å². The first-order chi connectivity index (χ1) is 10.3. The molecular formula is C17H27NO3. The van der Waals surface area contributed by atoms with Crippen LogP contribution in [0.25, 0.3) is 0 Å². The molecule has 2 rings (SSSR count). The van der Waals surface area contributed by atoms with Gasteiger partial charge in [-0.25, -0.2) is 0 Å². The lowest BCUT2D eigenvalue weighted by Gasteiger charge is -2.26. The normalized spacial score (nSPS) is 20.0. The second-order valence-corrected chi connectivity index (χ2v) is 5.48. The Labute approximate surface area is 127 Å². The molecular weight excluding hydrogens is 266 g/mol. The Morgan fingerprint density at radius 1 is 1.24 bits per heavy atom. The summed E-state index contributed by atoms with van der Waals surface area (Å²) in [6.45, 7) is 0.910. The molecule has 1 aromatic carbocycles. The van der Waals surface area contributed by atoms with Crippen molar-refractivity contribution in [1.29, 1.82) is 0 Å². The van der Waals surface area contributed by atoms with Gasteiger partial charge in [0.15, 0.2) is 0 Å². The first-order valence-corrected chi connectivity index (χ1v) is 7.80. The van der Waals surface area contributed by atoms with Gasteiger partial charge in [-0.1, -0.05) is 6.07 Å². The summed E-state index contributed by atoms with van der Waals surface area (Å²) in [6, 6.07) is 6.14. The van der Waals surface area contributed by atoms with E-state index in [4.69, 9.17) is 14.2 Å². The molecule has 1 aliphatic rings. The molecule has 0 spiro atoms. The first-order valence-electron chi connectivity index (χ1n) is 7.80. The summed E-state index contributed by atoms with van der Waals surface area (Å²) >= 11 is 0. The highest BCUT2D eigenvalue weighted by Gasteiger charge is 2.22. The van der Waals surface area contributed by atoms with Gasteiger partial charge in [0.1, 0.15) is 11.5 Å². The van der Waals surface area contributed by atoms with E-state index in [2.05, 4.69) is 5.32 Å². The second kappa shape index (κ2) is 8.25. The summed E-state index contributed by atoms with van der Waals surface area (Å²) < 4.78 is 16.9. The fourth-order valence-electron chi connectivity index (χ4n) is 3.04. The van der Waals surface area contributed by atoms with Crippen LogP contribution in [0.5, 0.6) is 11.5 Å². The third kappa shape index (κ3) is 4.11. The second-order valence-electron chi connectivity index (χ2n) is 5.48. The molecule has 2 unspecified atom stereocenters. The van der Waals surface area contributed by atoms with Crippen LogP contribution in [0.1, 0.15) is 43.7 Å². The van der Waals surface area contributed by atoms with E-state index < -0.39 is 0 Å². The number of ether oxygens (including phenoxy) is 3. The summed E-state index contributed by atoms with van der Waals surface area (Å²) in [5, 5.41) is 3.39. The molecule has 0 aromatic heterocycles. The third-order valence-electron chi connectivity index (χ3n) is 4.21. The van der Waals surface area contributed by atoms with E-state index in [0.717, 1.165) is 36.5 Å². The molecule has 1 saturated heterocycles. The molecule has 0 radical (unpaired) electrons. The molecule has 0 amide bonds. The van der Waals surface area contributed by atoms with Crippen molar-refractivity contribution in [2.24, 2.45) is 0 Å². The van der Waals surface area contributed by atoms with E-state index in [-0.39, 0.29) is 6.04 Å². The van der Waals surface area contributed by atoms with Crippen LogP contribution >= 0.6 is 0 Å². The van der Waals surface area contributed by atoms with Crippen LogP contribution in [0.4, 0.5) is 0 Å². The van der Waals surface area contributed by atoms with Crippen LogP contribution in [-0.2, 0) is 4.74 Å². The van der Waals surface area contributed by atoms with Gasteiger partial charge < -0.3 is 19.5 Å². The monoisotopic (exact) mass is 293 g/mol. The highest BCUT2D eigenvalue weighted by atomic mass is 16.5. The lowest BCUT2D eigenvalue weighted by Crippen LogP contribution is -2.23. The highest BCUT2D eigenvalue weighted by molar-refractivity contribution is 5.47. The fourth-order valence-corrected chi connectivity index (χ4v) is 3.04. The van der Waals surface area contributed by atoms with Gasteiger partial charge in [-0.2, -0.15) is 0 Å². The summed E-state index contributed by atoms with van der Waals surface area (Å²) in [7, 11) is 5.39. The molecule has 0 aliphatic carbocycles. The Bertz CT molecular complexity index is 408. The molecule has 0 bridgehead atoms. The number of methoxy groups -OCH3 is 2. The van der Waals surface area contributed by atoms with Gasteiger partial charge in [-0.05, 0) is 51.3 Å². The predicted octanol–water partition coefficient (Wildman–Crippen LogP) is 3.31. The predicted molar refractivity (Wildman–Crippen MR) is 84.2 cm³/mol. The largest absolute Gasteiger partial charge is 0.496 e. The minimum atomic E-state index is 0.210. The standard InChI is InChI=1S/C17H27NO3/c1-18-14(11-10-13-7-4-5-12-21-13)17-15(19-2)8-6-9-16(17)20-3/h6,8-9,13-14,18H,4-5,7,10-12H2,1-3H3. The van der Waals surface area contributed by atoms with E-state index in [1.807, 2.05) is 25.2 Å². The van der Waals surface area contributed by atoms with Crippen molar-refractivity contribution in [3.05, 3.63) is 23.8 Å². The van der Waals surface area contributed by atoms with Gasteiger partial charge in [0.25, 0.3) is 0 Å². The molecule has 1 aromatic rings. The number of hydrogen-bond donors (Lipinski definition) is 1. The SMILES string of the molecule is CNC(CCC1CCCCO1)c1c(OC)cccc1OC. The van der Waals surface area contributed by atoms with Crippen molar-refractivity contribution < 1.29 is 14.2 Å². The first kappa shape index (κ1) is 16.1. The van der Waals surface area contributed by atoms with Gasteiger partial charge in [0.2, 0.25) is 0 Å². The minimum absolute atomic E-state index is 0.210. The zero-order valence-corrected chi connectivity index (χ0v) is 13.4. The lowest BCUT2D eigenvalue weighted by molar-refractivity contribution is 0.00859. The maximum absolute atomic E-state index is 5.83. The number of rotatable bonds is 7. The Kier molecular flexibility index (Phi) is 6.33. The molecule has 0 saturated carbocycles. The molecule has 1 fully saturated rings. The Morgan fingerprint density at radius 2 is 1.95 bits per heavy atom. The van der Waals surface area contributed by atoms with Crippen molar-refractivity contribution >= 4 is 0 Å². The summed E-state index contributed by atoms with van der Waals surface area (Å²) in [6.07, 6.45) is 6.14. The summed E-state index contributed by atoms with van der Waals surface area (Å²) in [4.78, 5) is 0. The van der Waals surface area contributed by atoms with E-state index in [9.17, 15) is 0 Å². The average Bonchev–Trinajstić information content (AvgIpc) is 2.56. The van der Waals surface area contributed by atoms with Crippen LogP contribution in [0.15, 0.2) is 18.2 Å². The minimum Gasteiger partial charge on any atom is -0.496 e. The molecule has 1 aliphatic heterocycles. The molecule has 4 nitrogen and oxygen atoms in total. The van der Waals surface area contributed by atoms with Gasteiger partial charge in [0, 0.05) is 12.6 Å². The third-order valence-corrected chi connectivity index (χ3v) is 4.21. The maximum Gasteiger partial charge on any atom is 0.127 e. The van der Waals surface area contributed by atoms with Crippen molar-refractivity contribution in [3.63, 3.8) is 0 Å². The molecule has 1 heterocycles. The van der Waals surface area contributed by atoms with Gasteiger partial charge in [0.05, 0.1) is 25.9 Å². The fraction of sp³-hybridized carbons (Fsp3) is 0.647. The maximum atomic E-state index is 5.83. The van der Waals surface area contributed by atoms with E-state index in [1.165, 1.54) is 19.3 Å². The van der Waals surface area contributed by atoms with Crippen LogP contribution in [0, 0.1) is 0 Å². The highest BCUT2D eigenvalue weighted by Crippen LogP contribution is 2.36. The van der Waals surface area contributed by atoms with Gasteiger partial charge in [-0.3, -0.25) is 0 Å². The van der Waals surface area contributed by atoms with Crippen molar-refractivity contribution in [2.75, 3.05) is 27.9 Å². The smallest absolute Gasteiger partial charge is 0.127 e. The van der Waals surface area contributed by atoms with Crippen molar-refractivity contribution in [2.45, 2.75) is 44.2 Å². The van der Waals surface area contributed by atoms with E-state index in [1.54, 1.807) is 14.2 Å². The number of benzene rings is 1. The van der Waals surface area contributed by atoms with E-state index >= 15 is 0 Å². The zero-order valence-electron chi connectivity index (χ0n) is 13.4. The molecule has 4 heteroatoms. The van der Waals surface area contributed by atoms with Crippen molar-refractivity contribution in [1.82, 2.24) is 5.32 Å². The van der Waals surface area contributed by atoms with Crippen LogP contribution in [0.3, 0.4) is 0 Å². The lowest BCUT2D eigenvalue weighted by atomic mass is 9.96. The average molecular weight is 293 g/mol. The van der Waals surface area contributed by atoms with E-state index in [0.29, 0.717) is 6.10 Å². The Hall–Kier alpha value is -1.26. The number of nitrogens with one attached hydrogen (secondary N) is 1. The van der Waals surface area contributed by atoms with Gasteiger partial charge >= 0.3 is 0 Å². The Morgan fingerprint density at radius 3 is 2.48 bits per heavy atom. The summed E-state index contributed by atoms with van der Waals surface area (Å²) in [5.74, 6) is 1.75. The molecule has 1 N–H and O–H groups in total. The van der Waals surface area contributed by atoms with Gasteiger partial charge in [-0.15, -0.1) is 0 Å². The quantitative estimate of drug-likeness (QED) is 0.837. The molecule has 118 valence electrons. The molecule has 21 heavy (non-hydrogen) atoms. The number of hydrogen-bond acceptors (Lipinski definition) is 4. The summed E-state index contributed by atoms with van der Waals surface area (Å²) in [5.41, 5.74) is 1.10.